The summed E-state index contributed by atoms with van der Waals surface area (Å²) >= 11 is 0. The number of imidazole rings is 1. The van der Waals surface area contributed by atoms with Crippen molar-refractivity contribution in [2.75, 3.05) is 33.7 Å². The average Bonchev–Trinajstić information content (AvgIpc) is 2.83. The average molecular weight is 358 g/mol. The monoisotopic (exact) mass is 358 g/mol. The predicted octanol–water partition coefficient (Wildman–Crippen LogP) is 2.11. The van der Waals surface area contributed by atoms with Gasteiger partial charge in [0.2, 0.25) is 5.91 Å². The lowest BCUT2D eigenvalue weighted by Crippen LogP contribution is -2.41. The number of nitrogens with zero attached hydrogens (tertiary/aromatic N) is 3. The van der Waals surface area contributed by atoms with E-state index in [1.54, 1.807) is 0 Å². The van der Waals surface area contributed by atoms with E-state index < -0.39 is 5.60 Å². The number of aliphatic hydroxyl groups is 1. The Bertz CT molecular complexity index is 770. The van der Waals surface area contributed by atoms with Gasteiger partial charge in [0.15, 0.2) is 0 Å². The topological polar surface area (TPSA) is 72.5 Å². The minimum atomic E-state index is -0.679. The normalized spacial score (nSPS) is 21.3. The van der Waals surface area contributed by atoms with Crippen molar-refractivity contribution >= 4 is 16.9 Å². The van der Waals surface area contributed by atoms with E-state index in [0.29, 0.717) is 25.9 Å². The highest BCUT2D eigenvalue weighted by atomic mass is 16.3. The number of hydrogen-bond acceptors (Lipinski definition) is 4. The fourth-order valence-corrected chi connectivity index (χ4v) is 3.92. The fourth-order valence-electron chi connectivity index (χ4n) is 3.92. The van der Waals surface area contributed by atoms with Crippen molar-refractivity contribution in [3.05, 3.63) is 29.6 Å². The zero-order valence-electron chi connectivity index (χ0n) is 16.1. The maximum atomic E-state index is 12.6. The number of aromatic amines is 1. The summed E-state index contributed by atoms with van der Waals surface area (Å²) in [6.07, 6.45) is 3.49. The molecule has 2 aromatic rings. The number of fused-ring (bicyclic) bond motifs is 1. The summed E-state index contributed by atoms with van der Waals surface area (Å²) in [5.41, 5.74) is 2.46. The van der Waals surface area contributed by atoms with Gasteiger partial charge in [0, 0.05) is 26.1 Å². The number of aromatic nitrogens is 2. The van der Waals surface area contributed by atoms with Gasteiger partial charge in [0.05, 0.1) is 16.6 Å². The highest BCUT2D eigenvalue weighted by Crippen LogP contribution is 2.23. The number of aryl methyl sites for hydroxylation is 2. The number of carbonyl (C=O) groups excluding carboxylic acids is 1. The highest BCUT2D eigenvalue weighted by molar-refractivity contribution is 5.78. The largest absolute Gasteiger partial charge is 0.388 e. The molecule has 0 bridgehead atoms. The highest BCUT2D eigenvalue weighted by Gasteiger charge is 2.31. The van der Waals surface area contributed by atoms with Crippen LogP contribution in [0.15, 0.2) is 18.2 Å². The Morgan fingerprint density at radius 3 is 2.92 bits per heavy atom. The van der Waals surface area contributed by atoms with Crippen molar-refractivity contribution in [3.8, 4) is 0 Å². The van der Waals surface area contributed by atoms with Gasteiger partial charge in [-0.25, -0.2) is 4.98 Å². The van der Waals surface area contributed by atoms with E-state index in [-0.39, 0.29) is 5.91 Å². The second-order valence-corrected chi connectivity index (χ2v) is 7.87. The molecule has 1 fully saturated rings. The van der Waals surface area contributed by atoms with Crippen LogP contribution in [0.3, 0.4) is 0 Å². The molecule has 6 heteroatoms. The Labute approximate surface area is 155 Å². The first-order valence-corrected chi connectivity index (χ1v) is 9.45. The molecular weight excluding hydrogens is 328 g/mol. The molecular formula is C20H30N4O2. The number of amides is 1. The van der Waals surface area contributed by atoms with Crippen LogP contribution in [0.4, 0.5) is 0 Å². The summed E-state index contributed by atoms with van der Waals surface area (Å²) in [4.78, 5) is 24.2. The number of likely N-dealkylation sites (tertiary alicyclic amines) is 1. The Morgan fingerprint density at radius 2 is 2.15 bits per heavy atom. The minimum absolute atomic E-state index is 0.181. The fraction of sp³-hybridized carbons (Fsp3) is 0.600. The molecule has 26 heavy (non-hydrogen) atoms. The number of nitrogens with one attached hydrogen (secondary N) is 1. The second-order valence-electron chi connectivity index (χ2n) is 7.87. The summed E-state index contributed by atoms with van der Waals surface area (Å²) in [6, 6.07) is 6.14. The Morgan fingerprint density at radius 1 is 1.35 bits per heavy atom. The van der Waals surface area contributed by atoms with Crippen molar-refractivity contribution in [3.63, 3.8) is 0 Å². The van der Waals surface area contributed by atoms with Gasteiger partial charge in [-0.05, 0) is 64.4 Å². The lowest BCUT2D eigenvalue weighted by molar-refractivity contribution is -0.131. The Hall–Kier alpha value is -1.92. The van der Waals surface area contributed by atoms with Gasteiger partial charge in [0.25, 0.3) is 0 Å². The first kappa shape index (κ1) is 18.9. The van der Waals surface area contributed by atoms with Gasteiger partial charge >= 0.3 is 0 Å². The number of hydrogen-bond donors (Lipinski definition) is 2. The van der Waals surface area contributed by atoms with Gasteiger partial charge in [-0.2, -0.15) is 0 Å². The first-order chi connectivity index (χ1) is 12.3. The van der Waals surface area contributed by atoms with Gasteiger partial charge in [-0.15, -0.1) is 0 Å². The molecule has 142 valence electrons. The molecule has 1 aromatic carbocycles. The third-order valence-electron chi connectivity index (χ3n) is 5.17. The molecule has 0 aliphatic carbocycles. The lowest BCUT2D eigenvalue weighted by atomic mass is 9.94. The molecule has 1 aromatic heterocycles. The van der Waals surface area contributed by atoms with E-state index in [0.717, 1.165) is 48.2 Å². The van der Waals surface area contributed by atoms with Crippen molar-refractivity contribution < 1.29 is 9.90 Å². The molecule has 0 saturated carbocycles. The summed E-state index contributed by atoms with van der Waals surface area (Å²) < 4.78 is 0. The molecule has 1 atom stereocenters. The van der Waals surface area contributed by atoms with E-state index in [2.05, 4.69) is 16.0 Å². The molecule has 0 radical (unpaired) electrons. The van der Waals surface area contributed by atoms with E-state index in [1.807, 2.05) is 43.0 Å². The van der Waals surface area contributed by atoms with Crippen LogP contribution in [0, 0.1) is 6.92 Å². The standard InChI is InChI=1S/C20H30N4O2/c1-15-21-17-7-5-16(13-18(17)22-15)6-8-19(25)24-11-4-9-20(26,10-12-24)14-23(2)3/h5,7,13,26H,4,6,8-12,14H2,1-3H3,(H,21,22)/t20-/m0/s1. The van der Waals surface area contributed by atoms with E-state index in [9.17, 15) is 9.90 Å². The summed E-state index contributed by atoms with van der Waals surface area (Å²) in [5, 5.41) is 10.7. The quantitative estimate of drug-likeness (QED) is 0.859. The zero-order valence-corrected chi connectivity index (χ0v) is 16.1. The predicted molar refractivity (Wildman–Crippen MR) is 103 cm³/mol. The van der Waals surface area contributed by atoms with Gasteiger partial charge < -0.3 is 19.9 Å². The molecule has 1 aliphatic heterocycles. The number of H-pyrrole nitrogens is 1. The number of likely N-dealkylation sites (N-methyl/N-ethyl adjacent to an activating group) is 1. The van der Waals surface area contributed by atoms with E-state index in [4.69, 9.17) is 0 Å². The number of benzene rings is 1. The first-order valence-electron chi connectivity index (χ1n) is 9.45. The number of carbonyl (C=O) groups is 1. The van der Waals surface area contributed by atoms with Crippen LogP contribution in [-0.4, -0.2) is 70.1 Å². The third kappa shape index (κ3) is 4.62. The van der Waals surface area contributed by atoms with E-state index >= 15 is 0 Å². The molecule has 1 amide bonds. The second kappa shape index (κ2) is 7.76. The molecule has 1 saturated heterocycles. The molecule has 6 nitrogen and oxygen atoms in total. The van der Waals surface area contributed by atoms with Crippen molar-refractivity contribution in [2.45, 2.75) is 44.6 Å². The molecule has 3 rings (SSSR count). The van der Waals surface area contributed by atoms with Crippen LogP contribution in [0.1, 0.15) is 37.1 Å². The smallest absolute Gasteiger partial charge is 0.222 e. The lowest BCUT2D eigenvalue weighted by Gasteiger charge is -2.30. The Kier molecular flexibility index (Phi) is 5.63. The SMILES string of the molecule is Cc1nc2ccc(CCC(=O)N3CCC[C@@](O)(CN(C)C)CC3)cc2[nH]1. The van der Waals surface area contributed by atoms with Crippen molar-refractivity contribution in [1.82, 2.24) is 19.8 Å². The maximum Gasteiger partial charge on any atom is 0.222 e. The summed E-state index contributed by atoms with van der Waals surface area (Å²) in [5.74, 6) is 1.09. The van der Waals surface area contributed by atoms with Crippen LogP contribution in [0.2, 0.25) is 0 Å². The minimum Gasteiger partial charge on any atom is -0.388 e. The van der Waals surface area contributed by atoms with Crippen LogP contribution < -0.4 is 0 Å². The summed E-state index contributed by atoms with van der Waals surface area (Å²) in [7, 11) is 3.95. The third-order valence-corrected chi connectivity index (χ3v) is 5.17. The van der Waals surface area contributed by atoms with Gasteiger partial charge in [0.1, 0.15) is 5.82 Å². The van der Waals surface area contributed by atoms with Crippen molar-refractivity contribution in [1.29, 1.82) is 0 Å². The molecule has 1 aliphatic rings. The van der Waals surface area contributed by atoms with E-state index in [1.165, 1.54) is 0 Å². The number of rotatable bonds is 5. The van der Waals surface area contributed by atoms with Crippen molar-refractivity contribution in [2.24, 2.45) is 0 Å². The zero-order chi connectivity index (χ0) is 18.7. The molecule has 2 heterocycles. The molecule has 0 spiro atoms. The maximum absolute atomic E-state index is 12.6. The summed E-state index contributed by atoms with van der Waals surface area (Å²) in [6.45, 7) is 3.98. The van der Waals surface area contributed by atoms with Crippen LogP contribution >= 0.6 is 0 Å². The Balaban J connectivity index is 1.55. The van der Waals surface area contributed by atoms with Crippen LogP contribution in [-0.2, 0) is 11.2 Å². The van der Waals surface area contributed by atoms with Gasteiger partial charge in [-0.3, -0.25) is 4.79 Å². The van der Waals surface area contributed by atoms with Gasteiger partial charge in [-0.1, -0.05) is 6.07 Å². The molecule has 2 N–H and O–H groups in total. The van der Waals surface area contributed by atoms with Crippen LogP contribution in [0.25, 0.3) is 11.0 Å². The molecule has 0 unspecified atom stereocenters. The van der Waals surface area contributed by atoms with Crippen LogP contribution in [0.5, 0.6) is 0 Å².